The normalized spacial score (nSPS) is 10.5. The van der Waals surface area contributed by atoms with Crippen molar-refractivity contribution < 1.29 is 19.1 Å². The summed E-state index contributed by atoms with van der Waals surface area (Å²) in [6.07, 6.45) is 4.18. The highest BCUT2D eigenvalue weighted by atomic mass is 35.5. The second kappa shape index (κ2) is 11.3. The Morgan fingerprint density at radius 3 is 2.72 bits per heavy atom. The number of rotatable bonds is 10. The van der Waals surface area contributed by atoms with Gasteiger partial charge in [-0.05, 0) is 36.6 Å². The van der Waals surface area contributed by atoms with Gasteiger partial charge in [-0.15, -0.1) is 0 Å². The Kier molecular flexibility index (Phi) is 8.73. The van der Waals surface area contributed by atoms with E-state index >= 15 is 0 Å². The molecule has 156 valence electrons. The van der Waals surface area contributed by atoms with E-state index < -0.39 is 0 Å². The van der Waals surface area contributed by atoms with Crippen LogP contribution in [0.4, 0.5) is 5.69 Å². The summed E-state index contributed by atoms with van der Waals surface area (Å²) in [7, 11) is 1.49. The molecule has 0 saturated carbocycles. The predicted molar refractivity (Wildman–Crippen MR) is 113 cm³/mol. The molecule has 0 aliphatic heterocycles. The third-order valence-electron chi connectivity index (χ3n) is 4.02. The zero-order valence-electron chi connectivity index (χ0n) is 16.8. The fraction of sp³-hybridized carbons (Fsp3) is 0.381. The highest BCUT2D eigenvalue weighted by Crippen LogP contribution is 2.36. The largest absolute Gasteiger partial charge is 0.493 e. The number of hydrogen-bond donors (Lipinski definition) is 2. The van der Waals surface area contributed by atoms with E-state index in [9.17, 15) is 9.59 Å². The number of pyridine rings is 1. The van der Waals surface area contributed by atoms with E-state index in [-0.39, 0.29) is 24.8 Å². The molecule has 2 rings (SSSR count). The number of nitrogens with one attached hydrogen (secondary N) is 2. The number of amides is 2. The first-order valence-corrected chi connectivity index (χ1v) is 9.77. The molecular formula is C21H26ClN3O4. The Morgan fingerprint density at radius 1 is 1.28 bits per heavy atom. The molecule has 1 aromatic carbocycles. The zero-order valence-corrected chi connectivity index (χ0v) is 17.6. The van der Waals surface area contributed by atoms with Gasteiger partial charge in [0.25, 0.3) is 5.91 Å². The van der Waals surface area contributed by atoms with Gasteiger partial charge in [0.05, 0.1) is 30.6 Å². The standard InChI is InChI=1S/C21H26ClN3O4/c1-14(2)7-10-29-20-17(22)11-15(12-18(20)28-3)21(27)24-9-6-19(26)25-16-5-4-8-23-13-16/h4-5,8,11-14H,6-7,9-10H2,1-3H3,(H,24,27)(H,25,26). The molecule has 8 heteroatoms. The van der Waals surface area contributed by atoms with Crippen LogP contribution in [-0.4, -0.2) is 37.1 Å². The molecular weight excluding hydrogens is 394 g/mol. The topological polar surface area (TPSA) is 89.5 Å². The molecule has 0 radical (unpaired) electrons. The van der Waals surface area contributed by atoms with Gasteiger partial charge in [-0.2, -0.15) is 0 Å². The Morgan fingerprint density at radius 2 is 2.07 bits per heavy atom. The van der Waals surface area contributed by atoms with Gasteiger partial charge < -0.3 is 20.1 Å². The number of ether oxygens (including phenoxy) is 2. The molecule has 1 aromatic heterocycles. The van der Waals surface area contributed by atoms with Gasteiger partial charge in [-0.25, -0.2) is 0 Å². The van der Waals surface area contributed by atoms with Crippen LogP contribution in [0.2, 0.25) is 5.02 Å². The number of nitrogens with zero attached hydrogens (tertiary/aromatic N) is 1. The zero-order chi connectivity index (χ0) is 21.2. The van der Waals surface area contributed by atoms with Crippen molar-refractivity contribution in [1.29, 1.82) is 0 Å². The number of halogens is 1. The van der Waals surface area contributed by atoms with Gasteiger partial charge in [0, 0.05) is 24.7 Å². The van der Waals surface area contributed by atoms with Crippen molar-refractivity contribution in [1.82, 2.24) is 10.3 Å². The second-order valence-corrected chi connectivity index (χ2v) is 7.22. The monoisotopic (exact) mass is 419 g/mol. The third-order valence-corrected chi connectivity index (χ3v) is 4.30. The lowest BCUT2D eigenvalue weighted by atomic mass is 10.1. The van der Waals surface area contributed by atoms with Crippen molar-refractivity contribution >= 4 is 29.1 Å². The van der Waals surface area contributed by atoms with Gasteiger partial charge in [0.1, 0.15) is 0 Å². The van der Waals surface area contributed by atoms with Crippen LogP contribution in [-0.2, 0) is 4.79 Å². The average Bonchev–Trinajstić information content (AvgIpc) is 2.69. The van der Waals surface area contributed by atoms with Crippen molar-refractivity contribution in [2.75, 3.05) is 25.6 Å². The third kappa shape index (κ3) is 7.27. The van der Waals surface area contributed by atoms with Crippen LogP contribution in [0.3, 0.4) is 0 Å². The lowest BCUT2D eigenvalue weighted by Gasteiger charge is -2.15. The average molecular weight is 420 g/mol. The fourth-order valence-electron chi connectivity index (χ4n) is 2.44. The molecule has 0 spiro atoms. The first kappa shape index (κ1) is 22.5. The van der Waals surface area contributed by atoms with E-state index in [1.54, 1.807) is 30.6 Å². The molecule has 2 N–H and O–H groups in total. The van der Waals surface area contributed by atoms with Crippen LogP contribution >= 0.6 is 11.6 Å². The van der Waals surface area contributed by atoms with E-state index in [0.717, 1.165) is 6.42 Å². The number of carbonyl (C=O) groups excluding carboxylic acids is 2. The molecule has 2 aromatic rings. The maximum atomic E-state index is 12.4. The van der Waals surface area contributed by atoms with E-state index in [1.165, 1.54) is 13.2 Å². The molecule has 29 heavy (non-hydrogen) atoms. The summed E-state index contributed by atoms with van der Waals surface area (Å²) < 4.78 is 11.1. The summed E-state index contributed by atoms with van der Waals surface area (Å²) in [5.74, 6) is 0.735. The van der Waals surface area contributed by atoms with Crippen molar-refractivity contribution in [2.24, 2.45) is 5.92 Å². The van der Waals surface area contributed by atoms with E-state index in [2.05, 4.69) is 29.5 Å². The molecule has 0 fully saturated rings. The Balaban J connectivity index is 1.91. The molecule has 0 saturated heterocycles. The number of hydrogen-bond acceptors (Lipinski definition) is 5. The van der Waals surface area contributed by atoms with Crippen molar-refractivity contribution in [2.45, 2.75) is 26.7 Å². The van der Waals surface area contributed by atoms with E-state index in [1.807, 2.05) is 0 Å². The quantitative estimate of drug-likeness (QED) is 0.609. The van der Waals surface area contributed by atoms with Crippen LogP contribution < -0.4 is 20.1 Å². The van der Waals surface area contributed by atoms with Gasteiger partial charge in [0.15, 0.2) is 11.5 Å². The number of benzene rings is 1. The summed E-state index contributed by atoms with van der Waals surface area (Å²) in [5.41, 5.74) is 0.934. The summed E-state index contributed by atoms with van der Waals surface area (Å²) in [4.78, 5) is 28.3. The van der Waals surface area contributed by atoms with Crippen molar-refractivity contribution in [3.63, 3.8) is 0 Å². The Labute approximate surface area is 175 Å². The maximum Gasteiger partial charge on any atom is 0.251 e. The smallest absolute Gasteiger partial charge is 0.251 e. The number of anilines is 1. The lowest BCUT2D eigenvalue weighted by molar-refractivity contribution is -0.116. The minimum atomic E-state index is -0.354. The molecule has 2 amide bonds. The van der Waals surface area contributed by atoms with Gasteiger partial charge in [0.2, 0.25) is 5.91 Å². The molecule has 0 aliphatic rings. The first-order valence-electron chi connectivity index (χ1n) is 9.39. The number of aromatic nitrogens is 1. The molecule has 0 atom stereocenters. The number of carbonyl (C=O) groups is 2. The molecule has 1 heterocycles. The van der Waals surface area contributed by atoms with E-state index in [4.69, 9.17) is 21.1 Å². The van der Waals surface area contributed by atoms with Crippen molar-refractivity contribution in [3.05, 3.63) is 47.2 Å². The summed E-state index contributed by atoms with van der Waals surface area (Å²) in [5, 5.41) is 5.71. The number of methoxy groups -OCH3 is 1. The van der Waals surface area contributed by atoms with Crippen LogP contribution in [0.25, 0.3) is 0 Å². The lowest BCUT2D eigenvalue weighted by Crippen LogP contribution is -2.27. The van der Waals surface area contributed by atoms with Crippen molar-refractivity contribution in [3.8, 4) is 11.5 Å². The highest BCUT2D eigenvalue weighted by Gasteiger charge is 2.16. The second-order valence-electron chi connectivity index (χ2n) is 6.82. The van der Waals surface area contributed by atoms with Crippen LogP contribution in [0, 0.1) is 5.92 Å². The Bertz CT molecular complexity index is 828. The van der Waals surface area contributed by atoms with Gasteiger partial charge in [-0.1, -0.05) is 25.4 Å². The fourth-order valence-corrected chi connectivity index (χ4v) is 2.70. The van der Waals surface area contributed by atoms with Gasteiger partial charge >= 0.3 is 0 Å². The minimum Gasteiger partial charge on any atom is -0.493 e. The summed E-state index contributed by atoms with van der Waals surface area (Å²) >= 11 is 6.29. The minimum absolute atomic E-state index is 0.127. The summed E-state index contributed by atoms with van der Waals surface area (Å²) in [6, 6.07) is 6.56. The molecule has 7 nitrogen and oxygen atoms in total. The molecule has 0 bridgehead atoms. The molecule has 0 aliphatic carbocycles. The Hall–Kier alpha value is -2.80. The van der Waals surface area contributed by atoms with Crippen LogP contribution in [0.1, 0.15) is 37.0 Å². The highest BCUT2D eigenvalue weighted by molar-refractivity contribution is 6.32. The van der Waals surface area contributed by atoms with Crippen LogP contribution in [0.5, 0.6) is 11.5 Å². The SMILES string of the molecule is COc1cc(C(=O)NCCC(=O)Nc2cccnc2)cc(Cl)c1OCCC(C)C. The molecule has 0 unspecified atom stereocenters. The predicted octanol–water partition coefficient (Wildman–Crippen LogP) is 3.93. The summed E-state index contributed by atoms with van der Waals surface area (Å²) in [6.45, 7) is 4.89. The first-order chi connectivity index (χ1) is 13.9. The van der Waals surface area contributed by atoms with Crippen LogP contribution in [0.15, 0.2) is 36.7 Å². The van der Waals surface area contributed by atoms with Gasteiger partial charge in [-0.3, -0.25) is 14.6 Å². The van der Waals surface area contributed by atoms with E-state index in [0.29, 0.717) is 40.3 Å². The maximum absolute atomic E-state index is 12.4.